The van der Waals surface area contributed by atoms with Crippen molar-refractivity contribution in [3.8, 4) is 0 Å². The predicted molar refractivity (Wildman–Crippen MR) is 162 cm³/mol. The van der Waals surface area contributed by atoms with Gasteiger partial charge in [0.15, 0.2) is 0 Å². The number of hydrogen-bond donors (Lipinski definition) is 0. The van der Waals surface area contributed by atoms with Crippen LogP contribution in [0.4, 0.5) is 4.79 Å². The Morgan fingerprint density at radius 3 is 2.19 bits per heavy atom. The Kier molecular flexibility index (Phi) is 7.92. The molecule has 4 atom stereocenters. The SMILES string of the molecule is CC(C)N1C(=O)N(C2CCOCC2)C(=O)C12CC1CCC(C2)N1C[C@H]1CN(C(=O)CC(C)(C)C)C[C@@H]1c1ccccc1. The number of imide groups is 1. The molecule has 4 amide bonds. The highest BCUT2D eigenvalue weighted by atomic mass is 16.5. The normalized spacial score (nSPS) is 32.7. The van der Waals surface area contributed by atoms with Crippen molar-refractivity contribution in [3.63, 3.8) is 0 Å². The molecule has 2 unspecified atom stereocenters. The number of amides is 4. The number of piperidine rings is 1. The summed E-state index contributed by atoms with van der Waals surface area (Å²) in [5.74, 6) is 0.930. The number of nitrogens with zero attached hydrogens (tertiary/aromatic N) is 4. The summed E-state index contributed by atoms with van der Waals surface area (Å²) in [7, 11) is 0. The van der Waals surface area contributed by atoms with Crippen molar-refractivity contribution in [1.82, 2.24) is 19.6 Å². The second-order valence-corrected chi connectivity index (χ2v) is 15.1. The molecule has 230 valence electrons. The van der Waals surface area contributed by atoms with Gasteiger partial charge in [-0.1, -0.05) is 51.1 Å². The molecule has 0 aliphatic carbocycles. The zero-order valence-electron chi connectivity index (χ0n) is 26.3. The summed E-state index contributed by atoms with van der Waals surface area (Å²) in [5, 5.41) is 0. The number of likely N-dealkylation sites (tertiary alicyclic amines) is 1. The fraction of sp³-hybridized carbons (Fsp3) is 0.735. The van der Waals surface area contributed by atoms with Crippen LogP contribution in [0.25, 0.3) is 0 Å². The van der Waals surface area contributed by atoms with E-state index in [1.54, 1.807) is 4.90 Å². The Hall–Kier alpha value is -2.45. The van der Waals surface area contributed by atoms with Crippen molar-refractivity contribution in [1.29, 1.82) is 0 Å². The summed E-state index contributed by atoms with van der Waals surface area (Å²) in [6, 6.07) is 11.1. The summed E-state index contributed by atoms with van der Waals surface area (Å²) >= 11 is 0. The van der Waals surface area contributed by atoms with E-state index in [1.807, 2.05) is 4.90 Å². The van der Waals surface area contributed by atoms with Crippen molar-refractivity contribution in [2.45, 2.75) is 115 Å². The van der Waals surface area contributed by atoms with Gasteiger partial charge in [-0.3, -0.25) is 19.4 Å². The first-order valence-electron chi connectivity index (χ1n) is 16.3. The summed E-state index contributed by atoms with van der Waals surface area (Å²) < 4.78 is 5.55. The molecule has 0 radical (unpaired) electrons. The molecule has 8 heteroatoms. The van der Waals surface area contributed by atoms with Crippen LogP contribution >= 0.6 is 0 Å². The van der Waals surface area contributed by atoms with E-state index in [1.165, 1.54) is 5.56 Å². The van der Waals surface area contributed by atoms with Gasteiger partial charge in [-0.15, -0.1) is 0 Å². The maximum absolute atomic E-state index is 14.3. The maximum atomic E-state index is 14.3. The third-order valence-corrected chi connectivity index (χ3v) is 10.6. The van der Waals surface area contributed by atoms with Gasteiger partial charge in [0.2, 0.25) is 5.91 Å². The number of carbonyl (C=O) groups is 3. The number of benzene rings is 1. The molecule has 0 saturated carbocycles. The van der Waals surface area contributed by atoms with Crippen LogP contribution in [0, 0.1) is 11.3 Å². The highest BCUT2D eigenvalue weighted by Crippen LogP contribution is 2.50. The zero-order chi connectivity index (χ0) is 29.8. The maximum Gasteiger partial charge on any atom is 0.328 e. The lowest BCUT2D eigenvalue weighted by Crippen LogP contribution is -2.62. The van der Waals surface area contributed by atoms with E-state index in [-0.39, 0.29) is 47.4 Å². The Morgan fingerprint density at radius 2 is 1.60 bits per heavy atom. The standard InChI is InChI=1S/C34H50N4O4/c1-23(2)38-32(41)37(26-13-15-42-16-14-26)31(40)34(38)17-27-11-12-28(18-34)36(27)21-25-20-35(30(39)19-33(3,4)5)22-29(25)24-9-7-6-8-10-24/h6-10,23,25-29H,11-22H2,1-5H3/t25-,27?,28?,29-,34?/m1/s1. The van der Waals surface area contributed by atoms with Crippen LogP contribution in [0.3, 0.4) is 0 Å². The van der Waals surface area contributed by atoms with Crippen molar-refractivity contribution in [2.75, 3.05) is 32.8 Å². The van der Waals surface area contributed by atoms with Crippen molar-refractivity contribution < 1.29 is 19.1 Å². The largest absolute Gasteiger partial charge is 0.381 e. The molecule has 5 fully saturated rings. The first-order chi connectivity index (χ1) is 20.0. The van der Waals surface area contributed by atoms with Crippen LogP contribution in [-0.4, -0.2) is 100.0 Å². The highest BCUT2D eigenvalue weighted by molar-refractivity contribution is 6.07. The number of carbonyl (C=O) groups excluding carboxylic acids is 3. The van der Waals surface area contributed by atoms with Gasteiger partial charge < -0.3 is 14.5 Å². The Morgan fingerprint density at radius 1 is 0.952 bits per heavy atom. The molecular weight excluding hydrogens is 528 g/mol. The molecule has 5 saturated heterocycles. The minimum absolute atomic E-state index is 0.0306. The molecule has 1 spiro atoms. The van der Waals surface area contributed by atoms with Crippen molar-refractivity contribution >= 4 is 17.8 Å². The monoisotopic (exact) mass is 578 g/mol. The van der Waals surface area contributed by atoms with E-state index in [9.17, 15) is 14.4 Å². The molecule has 8 nitrogen and oxygen atoms in total. The Balaban J connectivity index is 1.23. The molecule has 42 heavy (non-hydrogen) atoms. The van der Waals surface area contributed by atoms with Crippen LogP contribution in [0.2, 0.25) is 0 Å². The topological polar surface area (TPSA) is 73.4 Å². The van der Waals surface area contributed by atoms with E-state index >= 15 is 0 Å². The first-order valence-corrected chi connectivity index (χ1v) is 16.3. The van der Waals surface area contributed by atoms with Crippen LogP contribution in [0.5, 0.6) is 0 Å². The molecule has 2 bridgehead atoms. The van der Waals surface area contributed by atoms with Gasteiger partial charge in [-0.25, -0.2) is 4.79 Å². The minimum atomic E-state index is -0.741. The number of fused-ring (bicyclic) bond motifs is 2. The minimum Gasteiger partial charge on any atom is -0.381 e. The highest BCUT2D eigenvalue weighted by Gasteiger charge is 2.64. The predicted octanol–water partition coefficient (Wildman–Crippen LogP) is 4.88. The third kappa shape index (κ3) is 5.27. The summed E-state index contributed by atoms with van der Waals surface area (Å²) in [6.45, 7) is 14.2. The third-order valence-electron chi connectivity index (χ3n) is 10.6. The summed E-state index contributed by atoms with van der Waals surface area (Å²) in [5.41, 5.74) is 0.530. The van der Waals surface area contributed by atoms with Gasteiger partial charge in [-0.2, -0.15) is 0 Å². The van der Waals surface area contributed by atoms with Gasteiger partial charge in [0.1, 0.15) is 5.54 Å². The molecule has 5 aliphatic rings. The average Bonchev–Trinajstić information content (AvgIpc) is 3.53. The van der Waals surface area contributed by atoms with E-state index < -0.39 is 5.54 Å². The van der Waals surface area contributed by atoms with Crippen LogP contribution < -0.4 is 0 Å². The van der Waals surface area contributed by atoms with Gasteiger partial charge in [-0.05, 0) is 69.3 Å². The van der Waals surface area contributed by atoms with Gasteiger partial charge in [0, 0.05) is 69.4 Å². The van der Waals surface area contributed by atoms with Crippen molar-refractivity contribution in [2.24, 2.45) is 11.3 Å². The van der Waals surface area contributed by atoms with Crippen LogP contribution in [0.1, 0.15) is 91.0 Å². The summed E-state index contributed by atoms with van der Waals surface area (Å²) in [4.78, 5) is 49.8. The van der Waals surface area contributed by atoms with Gasteiger partial charge in [0.25, 0.3) is 5.91 Å². The Bertz CT molecular complexity index is 1160. The van der Waals surface area contributed by atoms with Gasteiger partial charge in [0.05, 0.1) is 0 Å². The lowest BCUT2D eigenvalue weighted by atomic mass is 9.79. The fourth-order valence-corrected chi connectivity index (χ4v) is 8.85. The molecular formula is C34H50N4O4. The van der Waals surface area contributed by atoms with E-state index in [0.29, 0.717) is 44.3 Å². The molecule has 6 rings (SSSR count). The number of urea groups is 1. The van der Waals surface area contributed by atoms with Crippen LogP contribution in [-0.2, 0) is 14.3 Å². The molecule has 5 aliphatic heterocycles. The van der Waals surface area contributed by atoms with E-state index in [0.717, 1.165) is 45.3 Å². The molecule has 1 aromatic carbocycles. The smallest absolute Gasteiger partial charge is 0.328 e. The van der Waals surface area contributed by atoms with Gasteiger partial charge >= 0.3 is 6.03 Å². The molecule has 0 aromatic heterocycles. The average molecular weight is 579 g/mol. The molecule has 1 aromatic rings. The lowest BCUT2D eigenvalue weighted by molar-refractivity contribution is -0.140. The Labute approximate surface area is 251 Å². The lowest BCUT2D eigenvalue weighted by Gasteiger charge is -2.48. The summed E-state index contributed by atoms with van der Waals surface area (Å²) in [6.07, 6.45) is 5.56. The second-order valence-electron chi connectivity index (χ2n) is 15.1. The number of rotatable bonds is 6. The second kappa shape index (κ2) is 11.2. The van der Waals surface area contributed by atoms with Crippen molar-refractivity contribution in [3.05, 3.63) is 35.9 Å². The molecule has 0 N–H and O–H groups in total. The number of ether oxygens (including phenoxy) is 1. The zero-order valence-corrected chi connectivity index (χ0v) is 26.3. The quantitative estimate of drug-likeness (QED) is 0.450. The first kappa shape index (κ1) is 29.6. The number of hydrogen-bond acceptors (Lipinski definition) is 5. The molecule has 5 heterocycles. The van der Waals surface area contributed by atoms with E-state index in [4.69, 9.17) is 4.74 Å². The van der Waals surface area contributed by atoms with Crippen LogP contribution in [0.15, 0.2) is 30.3 Å². The van der Waals surface area contributed by atoms with E-state index in [2.05, 4.69) is 74.8 Å². The fourth-order valence-electron chi connectivity index (χ4n) is 8.85.